The molecule has 1 aromatic heterocycles. The Kier molecular flexibility index (Phi) is 4.95. The lowest BCUT2D eigenvalue weighted by molar-refractivity contribution is -0.137. The van der Waals surface area contributed by atoms with Gasteiger partial charge in [0.2, 0.25) is 5.88 Å². The number of rotatable bonds is 5. The molecule has 0 aromatic carbocycles. The first kappa shape index (κ1) is 16.2. The molecule has 1 aromatic rings. The number of aliphatic carboxylic acids is 1. The van der Waals surface area contributed by atoms with Gasteiger partial charge in [0.15, 0.2) is 0 Å². The van der Waals surface area contributed by atoms with Gasteiger partial charge in [-0.1, -0.05) is 0 Å². The van der Waals surface area contributed by atoms with Gasteiger partial charge in [0.05, 0.1) is 24.6 Å². The molecular formula is C15H19FN2O4. The normalized spacial score (nSPS) is 21.2. The molecule has 1 aliphatic rings. The predicted octanol–water partition coefficient (Wildman–Crippen LogP) is 1.90. The molecule has 0 saturated carbocycles. The molecule has 6 nitrogen and oxygen atoms in total. The van der Waals surface area contributed by atoms with Gasteiger partial charge in [0, 0.05) is 24.7 Å². The SMILES string of the molecule is CC(C)Oc1ccc(C(=O)N2C[C@H](F)C[C@H]2CC(=O)O)cn1. The zero-order valence-electron chi connectivity index (χ0n) is 12.5. The number of carboxylic acids is 1. The van der Waals surface area contributed by atoms with Crippen LogP contribution in [0.2, 0.25) is 0 Å². The minimum absolute atomic E-state index is 0.0279. The Morgan fingerprint density at radius 3 is 2.77 bits per heavy atom. The Bertz CT molecular complexity index is 547. The van der Waals surface area contributed by atoms with Crippen LogP contribution in [-0.2, 0) is 4.79 Å². The standard InChI is InChI=1S/C15H19FN2O4/c1-9(2)22-13-4-3-10(7-17-13)15(21)18-8-11(16)5-12(18)6-14(19)20/h3-4,7,9,11-12H,5-6,8H2,1-2H3,(H,19,20)/t11-,12+/m1/s1. The van der Waals surface area contributed by atoms with E-state index >= 15 is 0 Å². The zero-order valence-corrected chi connectivity index (χ0v) is 12.5. The first-order valence-electron chi connectivity index (χ1n) is 7.16. The van der Waals surface area contributed by atoms with Gasteiger partial charge in [-0.2, -0.15) is 0 Å². The maximum absolute atomic E-state index is 13.5. The van der Waals surface area contributed by atoms with Crippen molar-refractivity contribution in [2.45, 2.75) is 45.0 Å². The summed E-state index contributed by atoms with van der Waals surface area (Å²) >= 11 is 0. The first-order chi connectivity index (χ1) is 10.4. The van der Waals surface area contributed by atoms with Crippen molar-refractivity contribution in [3.05, 3.63) is 23.9 Å². The predicted molar refractivity (Wildman–Crippen MR) is 76.6 cm³/mol. The second kappa shape index (κ2) is 6.72. The van der Waals surface area contributed by atoms with Crippen molar-refractivity contribution < 1.29 is 23.8 Å². The number of aromatic nitrogens is 1. The van der Waals surface area contributed by atoms with E-state index in [4.69, 9.17) is 9.84 Å². The molecule has 120 valence electrons. The third-order valence-corrected chi connectivity index (χ3v) is 3.37. The number of alkyl halides is 1. The van der Waals surface area contributed by atoms with Crippen LogP contribution >= 0.6 is 0 Å². The molecule has 0 unspecified atom stereocenters. The van der Waals surface area contributed by atoms with Crippen LogP contribution in [0, 0.1) is 0 Å². The van der Waals surface area contributed by atoms with Gasteiger partial charge in [0.1, 0.15) is 6.17 Å². The van der Waals surface area contributed by atoms with Crippen molar-refractivity contribution >= 4 is 11.9 Å². The van der Waals surface area contributed by atoms with Crippen molar-refractivity contribution in [3.63, 3.8) is 0 Å². The molecule has 1 aliphatic heterocycles. The molecule has 1 saturated heterocycles. The minimum Gasteiger partial charge on any atom is -0.481 e. The van der Waals surface area contributed by atoms with E-state index in [0.717, 1.165) is 0 Å². The molecule has 0 radical (unpaired) electrons. The van der Waals surface area contributed by atoms with Gasteiger partial charge < -0.3 is 14.7 Å². The van der Waals surface area contributed by atoms with E-state index in [9.17, 15) is 14.0 Å². The maximum atomic E-state index is 13.5. The highest BCUT2D eigenvalue weighted by molar-refractivity contribution is 5.94. The van der Waals surface area contributed by atoms with Gasteiger partial charge in [-0.25, -0.2) is 9.37 Å². The molecule has 1 N–H and O–H groups in total. The molecule has 1 amide bonds. The van der Waals surface area contributed by atoms with E-state index in [2.05, 4.69) is 4.98 Å². The highest BCUT2D eigenvalue weighted by Crippen LogP contribution is 2.25. The second-order valence-electron chi connectivity index (χ2n) is 5.59. The van der Waals surface area contributed by atoms with Crippen molar-refractivity contribution in [3.8, 4) is 5.88 Å². The number of amides is 1. The van der Waals surface area contributed by atoms with Crippen LogP contribution in [0.25, 0.3) is 0 Å². The Labute approximate surface area is 127 Å². The monoisotopic (exact) mass is 310 g/mol. The van der Waals surface area contributed by atoms with E-state index < -0.39 is 24.1 Å². The fourth-order valence-corrected chi connectivity index (χ4v) is 2.49. The van der Waals surface area contributed by atoms with E-state index in [1.54, 1.807) is 12.1 Å². The fraction of sp³-hybridized carbons (Fsp3) is 0.533. The lowest BCUT2D eigenvalue weighted by Gasteiger charge is -2.23. The van der Waals surface area contributed by atoms with Gasteiger partial charge >= 0.3 is 5.97 Å². The van der Waals surface area contributed by atoms with Crippen LogP contribution in [0.5, 0.6) is 5.88 Å². The Morgan fingerprint density at radius 1 is 1.50 bits per heavy atom. The zero-order chi connectivity index (χ0) is 16.3. The largest absolute Gasteiger partial charge is 0.481 e. The third kappa shape index (κ3) is 3.93. The number of hydrogen-bond donors (Lipinski definition) is 1. The van der Waals surface area contributed by atoms with E-state index in [-0.39, 0.29) is 25.5 Å². The molecule has 0 spiro atoms. The molecule has 2 rings (SSSR count). The first-order valence-corrected chi connectivity index (χ1v) is 7.16. The summed E-state index contributed by atoms with van der Waals surface area (Å²) < 4.78 is 18.9. The summed E-state index contributed by atoms with van der Waals surface area (Å²) in [6.45, 7) is 3.65. The summed E-state index contributed by atoms with van der Waals surface area (Å²) in [4.78, 5) is 28.5. The Balaban J connectivity index is 2.10. The molecule has 2 heterocycles. The van der Waals surface area contributed by atoms with E-state index in [1.165, 1.54) is 11.1 Å². The molecular weight excluding hydrogens is 291 g/mol. The van der Waals surface area contributed by atoms with Crippen molar-refractivity contribution in [2.75, 3.05) is 6.54 Å². The van der Waals surface area contributed by atoms with Gasteiger partial charge in [-0.05, 0) is 19.9 Å². The number of nitrogens with zero attached hydrogens (tertiary/aromatic N) is 2. The Morgan fingerprint density at radius 2 is 2.23 bits per heavy atom. The Hall–Kier alpha value is -2.18. The van der Waals surface area contributed by atoms with E-state index in [0.29, 0.717) is 11.4 Å². The average molecular weight is 310 g/mol. The number of hydrogen-bond acceptors (Lipinski definition) is 4. The quantitative estimate of drug-likeness (QED) is 0.898. The maximum Gasteiger partial charge on any atom is 0.305 e. The van der Waals surface area contributed by atoms with Crippen molar-refractivity contribution in [2.24, 2.45) is 0 Å². The number of carbonyl (C=O) groups excluding carboxylic acids is 1. The molecule has 0 aliphatic carbocycles. The molecule has 0 bridgehead atoms. The highest BCUT2D eigenvalue weighted by atomic mass is 19.1. The number of halogens is 1. The fourth-order valence-electron chi connectivity index (χ4n) is 2.49. The van der Waals surface area contributed by atoms with Crippen LogP contribution in [0.3, 0.4) is 0 Å². The molecule has 22 heavy (non-hydrogen) atoms. The van der Waals surface area contributed by atoms with E-state index in [1.807, 2.05) is 13.8 Å². The van der Waals surface area contributed by atoms with Gasteiger partial charge in [-0.15, -0.1) is 0 Å². The second-order valence-corrected chi connectivity index (χ2v) is 5.59. The number of carbonyl (C=O) groups is 2. The topological polar surface area (TPSA) is 79.7 Å². The van der Waals surface area contributed by atoms with Crippen LogP contribution < -0.4 is 4.74 Å². The average Bonchev–Trinajstić information content (AvgIpc) is 2.78. The molecule has 2 atom stereocenters. The number of likely N-dealkylation sites (tertiary alicyclic amines) is 1. The number of carboxylic acid groups (broad SMARTS) is 1. The summed E-state index contributed by atoms with van der Waals surface area (Å²) in [6.07, 6.45) is -0.0536. The number of pyridine rings is 1. The van der Waals surface area contributed by atoms with Gasteiger partial charge in [-0.3, -0.25) is 9.59 Å². The van der Waals surface area contributed by atoms with Crippen molar-refractivity contribution in [1.29, 1.82) is 0 Å². The summed E-state index contributed by atoms with van der Waals surface area (Å²) in [7, 11) is 0. The third-order valence-electron chi connectivity index (χ3n) is 3.37. The molecule has 7 heteroatoms. The number of ether oxygens (including phenoxy) is 1. The van der Waals surface area contributed by atoms with Crippen molar-refractivity contribution in [1.82, 2.24) is 9.88 Å². The van der Waals surface area contributed by atoms with Crippen LogP contribution in [0.1, 0.15) is 37.0 Å². The lowest BCUT2D eigenvalue weighted by Crippen LogP contribution is -2.37. The van der Waals surface area contributed by atoms with Crippen LogP contribution in [0.15, 0.2) is 18.3 Å². The smallest absolute Gasteiger partial charge is 0.305 e. The summed E-state index contributed by atoms with van der Waals surface area (Å²) in [6, 6.07) is 2.50. The molecule has 1 fully saturated rings. The minimum atomic E-state index is -1.19. The summed E-state index contributed by atoms with van der Waals surface area (Å²) in [5.74, 6) is -1.05. The van der Waals surface area contributed by atoms with Gasteiger partial charge in [0.25, 0.3) is 5.91 Å². The van der Waals surface area contributed by atoms with Crippen LogP contribution in [0.4, 0.5) is 4.39 Å². The van der Waals surface area contributed by atoms with Crippen LogP contribution in [-0.4, -0.2) is 51.7 Å². The highest BCUT2D eigenvalue weighted by Gasteiger charge is 2.37. The summed E-state index contributed by atoms with van der Waals surface area (Å²) in [5, 5.41) is 8.86. The summed E-state index contributed by atoms with van der Waals surface area (Å²) in [5.41, 5.74) is 0.292. The lowest BCUT2D eigenvalue weighted by atomic mass is 10.1.